The molecule has 0 rings (SSSR count). The van der Waals surface area contributed by atoms with Gasteiger partial charge in [0.05, 0.1) is 19.3 Å². The Morgan fingerprint density at radius 3 is 2.29 bits per heavy atom. The molecule has 0 saturated carbocycles. The first-order valence-electron chi connectivity index (χ1n) is 5.85. The van der Waals surface area contributed by atoms with Gasteiger partial charge in [0.25, 0.3) is 0 Å². The number of rotatable bonds is 8. The van der Waals surface area contributed by atoms with Crippen molar-refractivity contribution in [3.05, 3.63) is 0 Å². The highest BCUT2D eigenvalue weighted by Gasteiger charge is 2.19. The van der Waals surface area contributed by atoms with E-state index < -0.39 is 0 Å². The fraction of sp³-hybridized carbons (Fsp3) is 1.00. The van der Waals surface area contributed by atoms with Crippen LogP contribution in [0.2, 0.25) is 0 Å². The zero-order valence-electron chi connectivity index (χ0n) is 10.1. The molecule has 2 unspecified atom stereocenters. The molecule has 0 aliphatic carbocycles. The van der Waals surface area contributed by atoms with Crippen molar-refractivity contribution in [2.45, 2.75) is 53.1 Å². The highest BCUT2D eigenvalue weighted by atomic mass is 16.5. The molecule has 86 valence electrons. The molecule has 2 nitrogen and oxygen atoms in total. The third kappa shape index (κ3) is 5.61. The highest BCUT2D eigenvalue weighted by Crippen LogP contribution is 2.21. The Morgan fingerprint density at radius 2 is 1.86 bits per heavy atom. The van der Waals surface area contributed by atoms with Gasteiger partial charge in [-0.3, -0.25) is 0 Å². The number of unbranched alkanes of at least 4 members (excludes halogenated alkanes) is 1. The second kappa shape index (κ2) is 8.25. The second-order valence-electron chi connectivity index (χ2n) is 4.38. The summed E-state index contributed by atoms with van der Waals surface area (Å²) < 4.78 is 5.67. The Bertz CT molecular complexity index is 115. The predicted octanol–water partition coefficient (Wildman–Crippen LogP) is 2.85. The van der Waals surface area contributed by atoms with Crippen LogP contribution in [0.3, 0.4) is 0 Å². The molecule has 0 amide bonds. The van der Waals surface area contributed by atoms with Crippen LogP contribution < -0.4 is 0 Å². The lowest BCUT2D eigenvalue weighted by Gasteiger charge is -2.27. The summed E-state index contributed by atoms with van der Waals surface area (Å²) in [5, 5.41) is 8.74. The number of aliphatic hydroxyl groups excluding tert-OH is 1. The zero-order chi connectivity index (χ0) is 11.0. The number of aliphatic hydroxyl groups is 1. The van der Waals surface area contributed by atoms with Crippen molar-refractivity contribution >= 4 is 0 Å². The molecule has 0 aromatic carbocycles. The molecular formula is C12H26O2. The van der Waals surface area contributed by atoms with Crippen LogP contribution in [0.15, 0.2) is 0 Å². The van der Waals surface area contributed by atoms with E-state index in [4.69, 9.17) is 9.84 Å². The molecule has 0 spiro atoms. The van der Waals surface area contributed by atoms with Crippen LogP contribution in [-0.2, 0) is 4.74 Å². The Kier molecular flexibility index (Phi) is 8.20. The molecule has 0 aliphatic rings. The summed E-state index contributed by atoms with van der Waals surface area (Å²) in [6.07, 6.45) is 3.87. The minimum Gasteiger partial charge on any atom is -0.394 e. The van der Waals surface area contributed by atoms with Gasteiger partial charge >= 0.3 is 0 Å². The lowest BCUT2D eigenvalue weighted by atomic mass is 9.89. The maximum Gasteiger partial charge on any atom is 0.0701 e. The van der Waals surface area contributed by atoms with Crippen LogP contribution in [0.5, 0.6) is 0 Å². The Balaban J connectivity index is 3.94. The summed E-state index contributed by atoms with van der Waals surface area (Å²) in [7, 11) is 0. The van der Waals surface area contributed by atoms with E-state index in [9.17, 15) is 0 Å². The van der Waals surface area contributed by atoms with Gasteiger partial charge in [0.2, 0.25) is 0 Å². The van der Waals surface area contributed by atoms with Gasteiger partial charge in [-0.1, -0.05) is 40.5 Å². The predicted molar refractivity (Wildman–Crippen MR) is 60.4 cm³/mol. The highest BCUT2D eigenvalue weighted by molar-refractivity contribution is 4.69. The standard InChI is InChI=1S/C12H26O2/c1-5-6-7-12(14-9-8-13)11(4)10(2)3/h10-13H,5-9H2,1-4H3. The quantitative estimate of drug-likeness (QED) is 0.656. The molecule has 0 aromatic heterocycles. The summed E-state index contributed by atoms with van der Waals surface area (Å²) in [4.78, 5) is 0. The molecular weight excluding hydrogens is 176 g/mol. The number of ether oxygens (including phenoxy) is 1. The van der Waals surface area contributed by atoms with E-state index in [0.29, 0.717) is 24.5 Å². The first kappa shape index (κ1) is 13.9. The molecule has 14 heavy (non-hydrogen) atoms. The van der Waals surface area contributed by atoms with Crippen LogP contribution in [0.1, 0.15) is 47.0 Å². The molecule has 0 aromatic rings. The summed E-state index contributed by atoms with van der Waals surface area (Å²) in [6.45, 7) is 9.50. The first-order chi connectivity index (χ1) is 6.63. The van der Waals surface area contributed by atoms with Crippen molar-refractivity contribution in [3.63, 3.8) is 0 Å². The van der Waals surface area contributed by atoms with Gasteiger partial charge in [-0.25, -0.2) is 0 Å². The molecule has 0 saturated heterocycles. The Morgan fingerprint density at radius 1 is 1.21 bits per heavy atom. The minimum absolute atomic E-state index is 0.132. The van der Waals surface area contributed by atoms with Crippen LogP contribution in [-0.4, -0.2) is 24.4 Å². The smallest absolute Gasteiger partial charge is 0.0701 e. The number of hydrogen-bond donors (Lipinski definition) is 1. The van der Waals surface area contributed by atoms with Gasteiger partial charge in [-0.05, 0) is 18.3 Å². The number of hydrogen-bond acceptors (Lipinski definition) is 2. The largest absolute Gasteiger partial charge is 0.394 e. The van der Waals surface area contributed by atoms with Crippen molar-refractivity contribution < 1.29 is 9.84 Å². The summed E-state index contributed by atoms with van der Waals surface area (Å²) in [5.74, 6) is 1.23. The van der Waals surface area contributed by atoms with Crippen molar-refractivity contribution in [3.8, 4) is 0 Å². The average Bonchev–Trinajstić information content (AvgIpc) is 2.17. The van der Waals surface area contributed by atoms with E-state index in [2.05, 4.69) is 27.7 Å². The van der Waals surface area contributed by atoms with E-state index >= 15 is 0 Å². The monoisotopic (exact) mass is 202 g/mol. The van der Waals surface area contributed by atoms with Gasteiger partial charge in [0.1, 0.15) is 0 Å². The third-order valence-electron chi connectivity index (χ3n) is 2.90. The molecule has 1 N–H and O–H groups in total. The first-order valence-corrected chi connectivity index (χ1v) is 5.85. The second-order valence-corrected chi connectivity index (χ2v) is 4.38. The topological polar surface area (TPSA) is 29.5 Å². The fourth-order valence-electron chi connectivity index (χ4n) is 1.54. The molecule has 2 atom stereocenters. The lowest BCUT2D eigenvalue weighted by molar-refractivity contribution is -0.0181. The molecule has 0 fully saturated rings. The van der Waals surface area contributed by atoms with Crippen molar-refractivity contribution in [1.29, 1.82) is 0 Å². The zero-order valence-corrected chi connectivity index (χ0v) is 10.1. The van der Waals surface area contributed by atoms with Gasteiger partial charge in [-0.2, -0.15) is 0 Å². The van der Waals surface area contributed by atoms with Crippen LogP contribution in [0.25, 0.3) is 0 Å². The van der Waals surface area contributed by atoms with Gasteiger partial charge in [0.15, 0.2) is 0 Å². The van der Waals surface area contributed by atoms with E-state index in [1.165, 1.54) is 12.8 Å². The molecule has 0 heterocycles. The van der Waals surface area contributed by atoms with Gasteiger partial charge in [0, 0.05) is 0 Å². The van der Waals surface area contributed by atoms with Gasteiger partial charge < -0.3 is 9.84 Å². The van der Waals surface area contributed by atoms with E-state index in [1.807, 2.05) is 0 Å². The van der Waals surface area contributed by atoms with E-state index in [-0.39, 0.29) is 6.61 Å². The molecule has 2 heteroatoms. The third-order valence-corrected chi connectivity index (χ3v) is 2.90. The summed E-state index contributed by atoms with van der Waals surface area (Å²) in [6, 6.07) is 0. The Labute approximate surface area is 88.7 Å². The fourth-order valence-corrected chi connectivity index (χ4v) is 1.54. The van der Waals surface area contributed by atoms with Crippen molar-refractivity contribution in [2.75, 3.05) is 13.2 Å². The Hall–Kier alpha value is -0.0800. The molecule has 0 bridgehead atoms. The SMILES string of the molecule is CCCCC(OCCO)C(C)C(C)C. The summed E-state index contributed by atoms with van der Waals surface area (Å²) in [5.41, 5.74) is 0. The maximum atomic E-state index is 8.74. The van der Waals surface area contributed by atoms with Crippen LogP contribution >= 0.6 is 0 Å². The average molecular weight is 202 g/mol. The maximum absolute atomic E-state index is 8.74. The van der Waals surface area contributed by atoms with E-state index in [0.717, 1.165) is 6.42 Å². The van der Waals surface area contributed by atoms with Gasteiger partial charge in [-0.15, -0.1) is 0 Å². The van der Waals surface area contributed by atoms with Crippen molar-refractivity contribution in [2.24, 2.45) is 11.8 Å². The van der Waals surface area contributed by atoms with Crippen molar-refractivity contribution in [1.82, 2.24) is 0 Å². The van der Waals surface area contributed by atoms with E-state index in [1.54, 1.807) is 0 Å². The minimum atomic E-state index is 0.132. The molecule has 0 aliphatic heterocycles. The normalized spacial score (nSPS) is 15.9. The van der Waals surface area contributed by atoms with Crippen LogP contribution in [0.4, 0.5) is 0 Å². The van der Waals surface area contributed by atoms with Crippen LogP contribution in [0, 0.1) is 11.8 Å². The lowest BCUT2D eigenvalue weighted by Crippen LogP contribution is -2.27. The summed E-state index contributed by atoms with van der Waals surface area (Å²) >= 11 is 0. The molecule has 0 radical (unpaired) electrons.